The normalized spacial score (nSPS) is 12.0. The lowest BCUT2D eigenvalue weighted by Crippen LogP contribution is -2.16. The van der Waals surface area contributed by atoms with Crippen LogP contribution >= 0.6 is 0 Å². The molecule has 4 aromatic carbocycles. The summed E-state index contributed by atoms with van der Waals surface area (Å²) in [4.78, 5) is 5.02. The summed E-state index contributed by atoms with van der Waals surface area (Å²) in [6.07, 6.45) is -0.315. The van der Waals surface area contributed by atoms with Crippen LogP contribution in [-0.4, -0.2) is 9.55 Å². The lowest BCUT2D eigenvalue weighted by molar-refractivity contribution is 0.232. The number of aromatic nitrogens is 2. The van der Waals surface area contributed by atoms with Crippen LogP contribution in [0.3, 0.4) is 0 Å². The maximum Gasteiger partial charge on any atom is 0.181 e. The topological polar surface area (TPSA) is 27.1 Å². The SMILES string of the molecule is c1ccc(Cn2c([C@H](Oc3ccccc3)c3ccccc3)nc3ccccc32)cc1. The Morgan fingerprint density at radius 1 is 0.667 bits per heavy atom. The number of para-hydroxylation sites is 3. The van der Waals surface area contributed by atoms with E-state index in [9.17, 15) is 0 Å². The van der Waals surface area contributed by atoms with Crippen LogP contribution in [0.1, 0.15) is 23.1 Å². The van der Waals surface area contributed by atoms with E-state index < -0.39 is 0 Å². The summed E-state index contributed by atoms with van der Waals surface area (Å²) in [5, 5.41) is 0. The fourth-order valence-corrected chi connectivity index (χ4v) is 3.76. The predicted molar refractivity (Wildman–Crippen MR) is 121 cm³/mol. The van der Waals surface area contributed by atoms with Gasteiger partial charge in [0.05, 0.1) is 11.0 Å². The number of ether oxygens (including phenoxy) is 1. The summed E-state index contributed by atoms with van der Waals surface area (Å²) in [5.41, 5.74) is 4.38. The molecule has 0 spiro atoms. The van der Waals surface area contributed by atoms with Crippen LogP contribution in [0.15, 0.2) is 115 Å². The lowest BCUT2D eigenvalue weighted by Gasteiger charge is -2.21. The van der Waals surface area contributed by atoms with Crippen molar-refractivity contribution in [1.29, 1.82) is 0 Å². The smallest absolute Gasteiger partial charge is 0.181 e. The molecule has 0 amide bonds. The van der Waals surface area contributed by atoms with E-state index in [1.165, 1.54) is 5.56 Å². The van der Waals surface area contributed by atoms with Gasteiger partial charge in [-0.1, -0.05) is 91.0 Å². The number of hydrogen-bond acceptors (Lipinski definition) is 2. The van der Waals surface area contributed by atoms with Gasteiger partial charge in [0.15, 0.2) is 11.9 Å². The van der Waals surface area contributed by atoms with Crippen molar-refractivity contribution >= 4 is 11.0 Å². The van der Waals surface area contributed by atoms with Crippen LogP contribution in [0, 0.1) is 0 Å². The molecule has 0 saturated carbocycles. The number of benzene rings is 4. The highest BCUT2D eigenvalue weighted by Crippen LogP contribution is 2.31. The average Bonchev–Trinajstić information content (AvgIpc) is 3.17. The number of nitrogens with zero attached hydrogens (tertiary/aromatic N) is 2. The molecule has 1 atom stereocenters. The molecule has 3 nitrogen and oxygen atoms in total. The fraction of sp³-hybridized carbons (Fsp3) is 0.0741. The largest absolute Gasteiger partial charge is 0.478 e. The monoisotopic (exact) mass is 390 g/mol. The van der Waals surface area contributed by atoms with Crippen LogP contribution in [0.25, 0.3) is 11.0 Å². The highest BCUT2D eigenvalue weighted by molar-refractivity contribution is 5.76. The van der Waals surface area contributed by atoms with Gasteiger partial charge in [0.25, 0.3) is 0 Å². The van der Waals surface area contributed by atoms with E-state index in [-0.39, 0.29) is 6.10 Å². The summed E-state index contributed by atoms with van der Waals surface area (Å²) in [6.45, 7) is 0.734. The lowest BCUT2D eigenvalue weighted by atomic mass is 10.1. The van der Waals surface area contributed by atoms with Crippen molar-refractivity contribution in [2.24, 2.45) is 0 Å². The summed E-state index contributed by atoms with van der Waals surface area (Å²) < 4.78 is 8.78. The van der Waals surface area contributed by atoms with Gasteiger partial charge in [-0.15, -0.1) is 0 Å². The Bertz CT molecular complexity index is 1230. The van der Waals surface area contributed by atoms with Crippen molar-refractivity contribution in [2.75, 3.05) is 0 Å². The molecule has 1 aromatic heterocycles. The zero-order valence-electron chi connectivity index (χ0n) is 16.6. The van der Waals surface area contributed by atoms with Crippen LogP contribution in [0.2, 0.25) is 0 Å². The third-order valence-electron chi connectivity index (χ3n) is 5.20. The number of rotatable bonds is 6. The standard InChI is InChI=1S/C27H22N2O/c1-4-12-21(13-5-1)20-29-25-19-11-10-18-24(25)28-27(29)26(22-14-6-2-7-15-22)30-23-16-8-3-9-17-23/h1-19,26H,20H2/t26-/m1/s1. The third-order valence-corrected chi connectivity index (χ3v) is 5.20. The molecule has 0 aliphatic rings. The molecule has 5 rings (SSSR count). The second kappa shape index (κ2) is 8.26. The highest BCUT2D eigenvalue weighted by atomic mass is 16.5. The molecule has 1 heterocycles. The number of imidazole rings is 1. The van der Waals surface area contributed by atoms with Gasteiger partial charge < -0.3 is 9.30 Å². The minimum atomic E-state index is -0.315. The molecule has 0 N–H and O–H groups in total. The second-order valence-corrected chi connectivity index (χ2v) is 7.25. The van der Waals surface area contributed by atoms with E-state index in [1.54, 1.807) is 0 Å². The first kappa shape index (κ1) is 18.2. The van der Waals surface area contributed by atoms with Crippen molar-refractivity contribution in [3.8, 4) is 5.75 Å². The molecule has 0 aliphatic heterocycles. The van der Waals surface area contributed by atoms with Crippen molar-refractivity contribution in [3.05, 3.63) is 132 Å². The van der Waals surface area contributed by atoms with E-state index in [0.717, 1.165) is 34.7 Å². The first-order chi connectivity index (χ1) is 14.9. The highest BCUT2D eigenvalue weighted by Gasteiger charge is 2.24. The Labute approximate surface area is 176 Å². The first-order valence-corrected chi connectivity index (χ1v) is 10.1. The fourth-order valence-electron chi connectivity index (χ4n) is 3.76. The van der Waals surface area contributed by atoms with Crippen LogP contribution in [-0.2, 0) is 6.54 Å². The summed E-state index contributed by atoms with van der Waals surface area (Å²) >= 11 is 0. The van der Waals surface area contributed by atoms with Gasteiger partial charge >= 0.3 is 0 Å². The van der Waals surface area contributed by atoms with Crippen LogP contribution in [0.5, 0.6) is 5.75 Å². The minimum Gasteiger partial charge on any atom is -0.478 e. The molecule has 30 heavy (non-hydrogen) atoms. The molecule has 3 heteroatoms. The Kier molecular flexibility index (Phi) is 5.01. The molecular weight excluding hydrogens is 368 g/mol. The Balaban J connectivity index is 1.66. The van der Waals surface area contributed by atoms with Gasteiger partial charge in [0.2, 0.25) is 0 Å². The van der Waals surface area contributed by atoms with E-state index >= 15 is 0 Å². The molecule has 146 valence electrons. The summed E-state index contributed by atoms with van der Waals surface area (Å²) in [7, 11) is 0. The quantitative estimate of drug-likeness (QED) is 0.342. The summed E-state index contributed by atoms with van der Waals surface area (Å²) in [5.74, 6) is 1.72. The summed E-state index contributed by atoms with van der Waals surface area (Å²) in [6, 6.07) is 39.0. The van der Waals surface area contributed by atoms with Gasteiger partial charge in [-0.2, -0.15) is 0 Å². The van der Waals surface area contributed by atoms with Gasteiger partial charge in [-0.05, 0) is 29.8 Å². The zero-order chi connectivity index (χ0) is 20.2. The average molecular weight is 390 g/mol. The van der Waals surface area contributed by atoms with Crippen molar-refractivity contribution in [1.82, 2.24) is 9.55 Å². The maximum absolute atomic E-state index is 6.51. The maximum atomic E-state index is 6.51. The Hall–Kier alpha value is -3.85. The molecule has 0 fully saturated rings. The van der Waals surface area contributed by atoms with E-state index in [1.807, 2.05) is 60.7 Å². The van der Waals surface area contributed by atoms with Gasteiger partial charge in [-0.3, -0.25) is 0 Å². The predicted octanol–water partition coefficient (Wildman–Crippen LogP) is 6.25. The molecule has 5 aromatic rings. The number of hydrogen-bond donors (Lipinski definition) is 0. The first-order valence-electron chi connectivity index (χ1n) is 10.1. The molecule has 0 radical (unpaired) electrons. The van der Waals surface area contributed by atoms with E-state index in [0.29, 0.717) is 0 Å². The minimum absolute atomic E-state index is 0.315. The molecular formula is C27H22N2O. The third kappa shape index (κ3) is 3.70. The molecule has 0 saturated heterocycles. The van der Waals surface area contributed by atoms with Gasteiger partial charge in [-0.25, -0.2) is 4.98 Å². The van der Waals surface area contributed by atoms with Crippen molar-refractivity contribution < 1.29 is 4.74 Å². The molecule has 0 aliphatic carbocycles. The van der Waals surface area contributed by atoms with Gasteiger partial charge in [0.1, 0.15) is 5.75 Å². The van der Waals surface area contributed by atoms with Gasteiger partial charge in [0, 0.05) is 12.1 Å². The van der Waals surface area contributed by atoms with Crippen LogP contribution in [0.4, 0.5) is 0 Å². The Morgan fingerprint density at radius 3 is 2.00 bits per heavy atom. The second-order valence-electron chi connectivity index (χ2n) is 7.25. The van der Waals surface area contributed by atoms with E-state index in [2.05, 4.69) is 59.2 Å². The Morgan fingerprint density at radius 2 is 1.27 bits per heavy atom. The zero-order valence-corrected chi connectivity index (χ0v) is 16.6. The van der Waals surface area contributed by atoms with Crippen molar-refractivity contribution in [3.63, 3.8) is 0 Å². The number of fused-ring (bicyclic) bond motifs is 1. The van der Waals surface area contributed by atoms with Crippen LogP contribution < -0.4 is 4.74 Å². The molecule has 0 bridgehead atoms. The van der Waals surface area contributed by atoms with E-state index in [4.69, 9.17) is 9.72 Å². The van der Waals surface area contributed by atoms with Crippen molar-refractivity contribution in [2.45, 2.75) is 12.6 Å². The molecule has 0 unspecified atom stereocenters.